The van der Waals surface area contributed by atoms with Crippen molar-refractivity contribution in [2.24, 2.45) is 0 Å². The Balaban J connectivity index is 0.000000122. The SMILES string of the molecule is c1ccc2c(c1)Oc1ccccc1O2.c1ccc2cc3ccccc3cc2c1. The number of ether oxygens (including phenoxy) is 2. The van der Waals surface area contributed by atoms with Gasteiger partial charge in [-0.25, -0.2) is 0 Å². The maximum atomic E-state index is 5.65. The van der Waals surface area contributed by atoms with Gasteiger partial charge in [0.2, 0.25) is 0 Å². The second-order valence-corrected chi connectivity index (χ2v) is 6.64. The van der Waals surface area contributed by atoms with Crippen LogP contribution < -0.4 is 9.47 Å². The van der Waals surface area contributed by atoms with Crippen molar-refractivity contribution in [1.29, 1.82) is 0 Å². The first-order valence-corrected chi connectivity index (χ1v) is 9.28. The molecule has 5 aromatic carbocycles. The van der Waals surface area contributed by atoms with Gasteiger partial charge in [0.25, 0.3) is 0 Å². The van der Waals surface area contributed by atoms with Crippen LogP contribution in [0, 0.1) is 0 Å². The van der Waals surface area contributed by atoms with E-state index in [-0.39, 0.29) is 0 Å². The van der Waals surface area contributed by atoms with E-state index < -0.39 is 0 Å². The van der Waals surface area contributed by atoms with Crippen molar-refractivity contribution in [2.75, 3.05) is 0 Å². The molecule has 0 saturated carbocycles. The maximum absolute atomic E-state index is 5.65. The van der Waals surface area contributed by atoms with Crippen LogP contribution in [-0.4, -0.2) is 0 Å². The van der Waals surface area contributed by atoms with E-state index in [1.165, 1.54) is 21.5 Å². The fourth-order valence-electron chi connectivity index (χ4n) is 3.36. The van der Waals surface area contributed by atoms with Crippen molar-refractivity contribution in [1.82, 2.24) is 0 Å². The highest BCUT2D eigenvalue weighted by atomic mass is 16.6. The minimum atomic E-state index is 0.770. The minimum absolute atomic E-state index is 0.770. The Labute approximate surface area is 163 Å². The molecular formula is C26H18O2. The summed E-state index contributed by atoms with van der Waals surface area (Å²) in [6, 6.07) is 36.7. The topological polar surface area (TPSA) is 18.5 Å². The average Bonchev–Trinajstić information content (AvgIpc) is 2.76. The van der Waals surface area contributed by atoms with Crippen molar-refractivity contribution in [3.05, 3.63) is 109 Å². The molecule has 0 spiro atoms. The second-order valence-electron chi connectivity index (χ2n) is 6.64. The Kier molecular flexibility index (Phi) is 4.15. The van der Waals surface area contributed by atoms with Crippen LogP contribution in [0.25, 0.3) is 21.5 Å². The fourth-order valence-corrected chi connectivity index (χ4v) is 3.36. The largest absolute Gasteiger partial charge is 0.450 e. The smallest absolute Gasteiger partial charge is 0.170 e. The van der Waals surface area contributed by atoms with E-state index in [0.717, 1.165) is 23.0 Å². The number of hydrogen-bond donors (Lipinski definition) is 0. The molecule has 2 nitrogen and oxygen atoms in total. The molecule has 1 aliphatic rings. The zero-order chi connectivity index (χ0) is 18.8. The molecule has 0 N–H and O–H groups in total. The van der Waals surface area contributed by atoms with Crippen LogP contribution in [-0.2, 0) is 0 Å². The van der Waals surface area contributed by atoms with Gasteiger partial charge in [0.15, 0.2) is 23.0 Å². The van der Waals surface area contributed by atoms with Gasteiger partial charge in [-0.3, -0.25) is 0 Å². The van der Waals surface area contributed by atoms with Crippen LogP contribution in [0.5, 0.6) is 23.0 Å². The van der Waals surface area contributed by atoms with Gasteiger partial charge in [-0.2, -0.15) is 0 Å². The van der Waals surface area contributed by atoms with Gasteiger partial charge in [-0.15, -0.1) is 0 Å². The summed E-state index contributed by atoms with van der Waals surface area (Å²) in [7, 11) is 0. The van der Waals surface area contributed by atoms with Crippen LogP contribution in [0.1, 0.15) is 0 Å². The van der Waals surface area contributed by atoms with Gasteiger partial charge in [-0.05, 0) is 57.9 Å². The first kappa shape index (κ1) is 16.4. The second kappa shape index (κ2) is 7.09. The molecule has 0 atom stereocenters. The minimum Gasteiger partial charge on any atom is -0.450 e. The summed E-state index contributed by atoms with van der Waals surface area (Å²) in [4.78, 5) is 0. The quantitative estimate of drug-likeness (QED) is 0.259. The van der Waals surface area contributed by atoms with E-state index in [2.05, 4.69) is 60.7 Å². The molecule has 2 heteroatoms. The van der Waals surface area contributed by atoms with Crippen LogP contribution in [0.4, 0.5) is 0 Å². The van der Waals surface area contributed by atoms with E-state index in [1.807, 2.05) is 48.5 Å². The molecule has 5 aromatic rings. The summed E-state index contributed by atoms with van der Waals surface area (Å²) in [6.45, 7) is 0. The van der Waals surface area contributed by atoms with Crippen molar-refractivity contribution < 1.29 is 9.47 Å². The predicted octanol–water partition coefficient (Wildman–Crippen LogP) is 7.58. The van der Waals surface area contributed by atoms with Crippen molar-refractivity contribution in [3.8, 4) is 23.0 Å². The predicted molar refractivity (Wildman–Crippen MR) is 114 cm³/mol. The maximum Gasteiger partial charge on any atom is 0.170 e. The zero-order valence-electron chi connectivity index (χ0n) is 15.2. The Morgan fingerprint density at radius 2 is 0.571 bits per heavy atom. The highest BCUT2D eigenvalue weighted by Gasteiger charge is 2.16. The average molecular weight is 362 g/mol. The van der Waals surface area contributed by atoms with Crippen LogP contribution in [0.15, 0.2) is 109 Å². The lowest BCUT2D eigenvalue weighted by molar-refractivity contribution is 0.359. The Bertz CT molecular complexity index is 1080. The highest BCUT2D eigenvalue weighted by Crippen LogP contribution is 2.44. The molecule has 0 bridgehead atoms. The van der Waals surface area contributed by atoms with Gasteiger partial charge in [-0.1, -0.05) is 72.8 Å². The number of hydrogen-bond acceptors (Lipinski definition) is 2. The van der Waals surface area contributed by atoms with E-state index >= 15 is 0 Å². The summed E-state index contributed by atoms with van der Waals surface area (Å²) in [5, 5.41) is 5.25. The molecule has 0 aromatic heterocycles. The van der Waals surface area contributed by atoms with Crippen LogP contribution in [0.3, 0.4) is 0 Å². The summed E-state index contributed by atoms with van der Waals surface area (Å²) >= 11 is 0. The molecule has 0 amide bonds. The fraction of sp³-hybridized carbons (Fsp3) is 0. The molecule has 0 saturated heterocycles. The molecule has 28 heavy (non-hydrogen) atoms. The van der Waals surface area contributed by atoms with E-state index in [4.69, 9.17) is 9.47 Å². The number of fused-ring (bicyclic) bond motifs is 4. The van der Waals surface area contributed by atoms with E-state index in [0.29, 0.717) is 0 Å². The van der Waals surface area contributed by atoms with Gasteiger partial charge in [0.05, 0.1) is 0 Å². The summed E-state index contributed by atoms with van der Waals surface area (Å²) in [5.41, 5.74) is 0. The lowest BCUT2D eigenvalue weighted by Gasteiger charge is -2.19. The summed E-state index contributed by atoms with van der Waals surface area (Å²) in [5.74, 6) is 3.08. The van der Waals surface area contributed by atoms with Gasteiger partial charge in [0.1, 0.15) is 0 Å². The van der Waals surface area contributed by atoms with Gasteiger partial charge < -0.3 is 9.47 Å². The van der Waals surface area contributed by atoms with Gasteiger partial charge >= 0.3 is 0 Å². The first-order valence-electron chi connectivity index (χ1n) is 9.28. The first-order chi connectivity index (χ1) is 13.9. The van der Waals surface area contributed by atoms with E-state index in [1.54, 1.807) is 0 Å². The standard InChI is InChI=1S/C14H10.C12H8O2/c1-2-6-12-10-14-8-4-3-7-13(14)9-11(12)5-1;1-2-6-10-9(5-1)13-11-7-3-4-8-12(11)14-10/h1-10H;1-8H. The van der Waals surface area contributed by atoms with Crippen molar-refractivity contribution >= 4 is 21.5 Å². The molecule has 0 unspecified atom stereocenters. The molecule has 0 fully saturated rings. The number of para-hydroxylation sites is 4. The van der Waals surface area contributed by atoms with Gasteiger partial charge in [0, 0.05) is 0 Å². The molecule has 6 rings (SSSR count). The van der Waals surface area contributed by atoms with Crippen molar-refractivity contribution in [2.45, 2.75) is 0 Å². The molecule has 0 radical (unpaired) electrons. The molecule has 1 aliphatic heterocycles. The van der Waals surface area contributed by atoms with Crippen LogP contribution >= 0.6 is 0 Å². The third-order valence-corrected chi connectivity index (χ3v) is 4.75. The summed E-state index contributed by atoms with van der Waals surface area (Å²) in [6.07, 6.45) is 0. The number of benzene rings is 5. The third-order valence-electron chi connectivity index (χ3n) is 4.75. The summed E-state index contributed by atoms with van der Waals surface area (Å²) < 4.78 is 11.3. The monoisotopic (exact) mass is 362 g/mol. The Morgan fingerprint density at radius 1 is 0.321 bits per heavy atom. The molecule has 1 heterocycles. The zero-order valence-corrected chi connectivity index (χ0v) is 15.2. The highest BCUT2D eigenvalue weighted by molar-refractivity contribution is 5.98. The van der Waals surface area contributed by atoms with Crippen molar-refractivity contribution in [3.63, 3.8) is 0 Å². The Morgan fingerprint density at radius 3 is 0.857 bits per heavy atom. The van der Waals surface area contributed by atoms with E-state index in [9.17, 15) is 0 Å². The molecule has 0 aliphatic carbocycles. The van der Waals surface area contributed by atoms with Crippen LogP contribution in [0.2, 0.25) is 0 Å². The lowest BCUT2D eigenvalue weighted by atomic mass is 10.0. The normalized spacial score (nSPS) is 11.4. The molecule has 134 valence electrons. The lowest BCUT2D eigenvalue weighted by Crippen LogP contribution is -1.97. The third kappa shape index (κ3) is 3.17. The number of rotatable bonds is 0. The molecular weight excluding hydrogens is 344 g/mol. The Hall–Kier alpha value is -3.78.